The van der Waals surface area contributed by atoms with E-state index in [-0.39, 0.29) is 6.10 Å². The van der Waals surface area contributed by atoms with Crippen molar-refractivity contribution in [3.8, 4) is 0 Å². The molecular weight excluding hydrogens is 490 g/mol. The number of hydrogen-bond donors (Lipinski definition) is 1. The average molecular weight is 568 g/mol. The quantitative estimate of drug-likeness (QED) is 0.0766. The lowest BCUT2D eigenvalue weighted by Crippen LogP contribution is -2.29. The Morgan fingerprint density at radius 1 is 0.375 bits per heavy atom. The third-order valence-corrected chi connectivity index (χ3v) is 8.56. The van der Waals surface area contributed by atoms with E-state index in [0.29, 0.717) is 13.2 Å². The van der Waals surface area contributed by atoms with Crippen LogP contribution < -0.4 is 5.73 Å². The van der Waals surface area contributed by atoms with Gasteiger partial charge < -0.3 is 15.2 Å². The number of hydrogen-bond acceptors (Lipinski definition) is 3. The molecule has 2 N–H and O–H groups in total. The summed E-state index contributed by atoms with van der Waals surface area (Å²) >= 11 is 0. The van der Waals surface area contributed by atoms with Crippen molar-refractivity contribution in [3.63, 3.8) is 0 Å². The molecule has 0 aromatic carbocycles. The van der Waals surface area contributed by atoms with Crippen LogP contribution in [0.4, 0.5) is 0 Å². The molecule has 0 aliphatic carbocycles. The van der Waals surface area contributed by atoms with Crippen molar-refractivity contribution in [2.24, 2.45) is 5.73 Å². The predicted molar refractivity (Wildman–Crippen MR) is 179 cm³/mol. The van der Waals surface area contributed by atoms with Crippen LogP contribution in [0.5, 0.6) is 0 Å². The van der Waals surface area contributed by atoms with Gasteiger partial charge in [-0.05, 0) is 12.8 Å². The second-order valence-electron chi connectivity index (χ2n) is 12.7. The zero-order valence-corrected chi connectivity index (χ0v) is 28.0. The lowest BCUT2D eigenvalue weighted by molar-refractivity contribution is -0.0136. The van der Waals surface area contributed by atoms with E-state index in [1.165, 1.54) is 186 Å². The van der Waals surface area contributed by atoms with E-state index < -0.39 is 0 Å². The molecule has 0 amide bonds. The van der Waals surface area contributed by atoms with E-state index in [9.17, 15) is 0 Å². The highest BCUT2D eigenvalue weighted by molar-refractivity contribution is 4.58. The van der Waals surface area contributed by atoms with Crippen LogP contribution in [0.1, 0.15) is 206 Å². The number of unbranched alkanes of at least 4 members (excludes halogenated alkanes) is 28. The van der Waals surface area contributed by atoms with Crippen LogP contribution in [0.15, 0.2) is 0 Å². The second-order valence-corrected chi connectivity index (χ2v) is 12.7. The molecule has 0 radical (unpaired) electrons. The first-order valence-electron chi connectivity index (χ1n) is 18.7. The van der Waals surface area contributed by atoms with Crippen LogP contribution in [0.25, 0.3) is 0 Å². The van der Waals surface area contributed by atoms with Gasteiger partial charge in [0, 0.05) is 19.8 Å². The van der Waals surface area contributed by atoms with Crippen molar-refractivity contribution in [2.45, 2.75) is 213 Å². The first-order chi connectivity index (χ1) is 19.8. The Kier molecular flexibility index (Phi) is 36.8. The molecule has 0 heterocycles. The molecule has 3 nitrogen and oxygen atoms in total. The molecule has 0 aliphatic heterocycles. The molecule has 0 saturated carbocycles. The van der Waals surface area contributed by atoms with Crippen molar-refractivity contribution >= 4 is 0 Å². The fourth-order valence-corrected chi connectivity index (χ4v) is 5.70. The standard InChI is InChI=1S/C37H77NO2/c1-3-5-7-9-11-13-15-17-19-20-22-24-26-28-30-32-34-40-37(35-38)36-39-33-31-29-27-25-23-21-18-16-14-12-10-8-6-4-2/h37H,3-36,38H2,1-2H3. The SMILES string of the molecule is CCCCCCCCCCCCCCCCCCOC(CN)COCCCCCCCCCCCCCCCC. The van der Waals surface area contributed by atoms with Crippen molar-refractivity contribution in [1.29, 1.82) is 0 Å². The molecule has 0 spiro atoms. The van der Waals surface area contributed by atoms with Gasteiger partial charge in [0.05, 0.1) is 12.7 Å². The van der Waals surface area contributed by atoms with Crippen LogP contribution in [-0.4, -0.2) is 32.5 Å². The summed E-state index contributed by atoms with van der Waals surface area (Å²) in [5, 5.41) is 0. The van der Waals surface area contributed by atoms with E-state index in [1.54, 1.807) is 0 Å². The number of ether oxygens (including phenoxy) is 2. The summed E-state index contributed by atoms with van der Waals surface area (Å²) < 4.78 is 11.9. The lowest BCUT2D eigenvalue weighted by Gasteiger charge is -2.16. The van der Waals surface area contributed by atoms with Crippen molar-refractivity contribution in [1.82, 2.24) is 0 Å². The summed E-state index contributed by atoms with van der Waals surface area (Å²) in [5.41, 5.74) is 5.91. The van der Waals surface area contributed by atoms with Gasteiger partial charge in [-0.25, -0.2) is 0 Å². The van der Waals surface area contributed by atoms with Gasteiger partial charge in [-0.3, -0.25) is 0 Å². The summed E-state index contributed by atoms with van der Waals surface area (Å²) in [6.07, 6.45) is 42.1. The van der Waals surface area contributed by atoms with E-state index in [4.69, 9.17) is 15.2 Å². The maximum atomic E-state index is 5.98. The summed E-state index contributed by atoms with van der Waals surface area (Å²) in [6.45, 7) is 7.51. The molecular formula is C37H77NO2. The smallest absolute Gasteiger partial charge is 0.0930 e. The summed E-state index contributed by atoms with van der Waals surface area (Å²) in [7, 11) is 0. The maximum Gasteiger partial charge on any atom is 0.0930 e. The Morgan fingerprint density at radius 2 is 0.650 bits per heavy atom. The summed E-state index contributed by atoms with van der Waals surface area (Å²) in [4.78, 5) is 0. The fourth-order valence-electron chi connectivity index (χ4n) is 5.70. The minimum atomic E-state index is 0.0722. The molecule has 40 heavy (non-hydrogen) atoms. The predicted octanol–water partition coefficient (Wildman–Crippen LogP) is 12.1. The molecule has 1 atom stereocenters. The second kappa shape index (κ2) is 36.9. The molecule has 0 aliphatic rings. The van der Waals surface area contributed by atoms with Gasteiger partial charge >= 0.3 is 0 Å². The fraction of sp³-hybridized carbons (Fsp3) is 1.00. The van der Waals surface area contributed by atoms with Gasteiger partial charge in [0.15, 0.2) is 0 Å². The Morgan fingerprint density at radius 3 is 0.950 bits per heavy atom. The molecule has 1 unspecified atom stereocenters. The molecule has 0 rings (SSSR count). The van der Waals surface area contributed by atoms with Crippen LogP contribution in [0.3, 0.4) is 0 Å². The van der Waals surface area contributed by atoms with Crippen LogP contribution in [0, 0.1) is 0 Å². The molecule has 0 saturated heterocycles. The zero-order valence-electron chi connectivity index (χ0n) is 28.0. The Hall–Kier alpha value is -0.120. The number of nitrogens with two attached hydrogens (primary N) is 1. The third kappa shape index (κ3) is 34.1. The molecule has 0 bridgehead atoms. The van der Waals surface area contributed by atoms with Gasteiger partial charge in [-0.15, -0.1) is 0 Å². The van der Waals surface area contributed by atoms with E-state index in [2.05, 4.69) is 13.8 Å². The molecule has 242 valence electrons. The van der Waals surface area contributed by atoms with Crippen molar-refractivity contribution in [3.05, 3.63) is 0 Å². The Bertz CT molecular complexity index is 430. The summed E-state index contributed by atoms with van der Waals surface area (Å²) in [5.74, 6) is 0. The van der Waals surface area contributed by atoms with Gasteiger partial charge in [0.25, 0.3) is 0 Å². The van der Waals surface area contributed by atoms with Crippen molar-refractivity contribution in [2.75, 3.05) is 26.4 Å². The maximum absolute atomic E-state index is 5.98. The molecule has 0 aromatic heterocycles. The van der Waals surface area contributed by atoms with Gasteiger partial charge in [-0.2, -0.15) is 0 Å². The van der Waals surface area contributed by atoms with Crippen molar-refractivity contribution < 1.29 is 9.47 Å². The van der Waals surface area contributed by atoms with Crippen LogP contribution in [-0.2, 0) is 9.47 Å². The topological polar surface area (TPSA) is 44.5 Å². The van der Waals surface area contributed by atoms with Gasteiger partial charge in [-0.1, -0.05) is 194 Å². The van der Waals surface area contributed by atoms with Gasteiger partial charge in [0.2, 0.25) is 0 Å². The molecule has 0 fully saturated rings. The highest BCUT2D eigenvalue weighted by atomic mass is 16.5. The first kappa shape index (κ1) is 39.9. The lowest BCUT2D eigenvalue weighted by atomic mass is 10.0. The minimum Gasteiger partial charge on any atom is -0.379 e. The first-order valence-corrected chi connectivity index (χ1v) is 18.7. The Labute approximate surface area is 253 Å². The van der Waals surface area contributed by atoms with E-state index >= 15 is 0 Å². The highest BCUT2D eigenvalue weighted by Gasteiger charge is 2.07. The van der Waals surface area contributed by atoms with E-state index in [1.807, 2.05) is 0 Å². The highest BCUT2D eigenvalue weighted by Crippen LogP contribution is 2.15. The molecule has 3 heteroatoms. The van der Waals surface area contributed by atoms with Crippen LogP contribution >= 0.6 is 0 Å². The van der Waals surface area contributed by atoms with Gasteiger partial charge in [0.1, 0.15) is 0 Å². The number of rotatable bonds is 36. The van der Waals surface area contributed by atoms with Crippen LogP contribution in [0.2, 0.25) is 0 Å². The molecule has 0 aromatic rings. The Balaban J connectivity index is 3.24. The monoisotopic (exact) mass is 568 g/mol. The normalized spacial score (nSPS) is 12.4. The zero-order chi connectivity index (χ0) is 29.0. The summed E-state index contributed by atoms with van der Waals surface area (Å²) in [6, 6.07) is 0. The largest absolute Gasteiger partial charge is 0.379 e. The third-order valence-electron chi connectivity index (χ3n) is 8.56. The minimum absolute atomic E-state index is 0.0722. The average Bonchev–Trinajstić information content (AvgIpc) is 2.97. The van der Waals surface area contributed by atoms with E-state index in [0.717, 1.165) is 19.6 Å².